The monoisotopic (exact) mass is 249 g/mol. The van der Waals surface area contributed by atoms with Gasteiger partial charge in [0.05, 0.1) is 12.8 Å². The van der Waals surface area contributed by atoms with E-state index in [2.05, 4.69) is 22.7 Å². The lowest BCUT2D eigenvalue weighted by Gasteiger charge is -2.10. The van der Waals surface area contributed by atoms with Crippen LogP contribution in [0.25, 0.3) is 0 Å². The molecule has 18 heavy (non-hydrogen) atoms. The van der Waals surface area contributed by atoms with E-state index in [1.165, 1.54) is 7.11 Å². The minimum Gasteiger partial charge on any atom is -0.495 e. The summed E-state index contributed by atoms with van der Waals surface area (Å²) in [5.74, 6) is -1.14. The molecule has 0 radical (unpaired) electrons. The van der Waals surface area contributed by atoms with Crippen molar-refractivity contribution < 1.29 is 14.3 Å². The molecule has 0 atom stereocenters. The molecule has 6 heteroatoms. The minimum absolute atomic E-state index is 0.426. The van der Waals surface area contributed by atoms with Gasteiger partial charge in [0.25, 0.3) is 0 Å². The van der Waals surface area contributed by atoms with Crippen LogP contribution < -0.4 is 20.9 Å². The molecule has 0 aliphatic carbocycles. The van der Waals surface area contributed by atoms with Crippen LogP contribution in [0.2, 0.25) is 0 Å². The third kappa shape index (κ3) is 3.82. The van der Waals surface area contributed by atoms with Crippen molar-refractivity contribution in [3.05, 3.63) is 36.5 Å². The molecule has 0 fully saturated rings. The number of allylic oxidation sites excluding steroid dienone is 1. The van der Waals surface area contributed by atoms with Gasteiger partial charge in [-0.2, -0.15) is 0 Å². The van der Waals surface area contributed by atoms with Gasteiger partial charge < -0.3 is 15.5 Å². The quantitative estimate of drug-likeness (QED) is 0.544. The van der Waals surface area contributed by atoms with Crippen LogP contribution in [0.5, 0.6) is 5.75 Å². The molecule has 0 aliphatic heterocycles. The molecule has 0 aliphatic rings. The Morgan fingerprint density at radius 3 is 2.44 bits per heavy atom. The molecule has 0 aromatic heterocycles. The molecule has 1 aromatic carbocycles. The second-order valence-electron chi connectivity index (χ2n) is 3.51. The van der Waals surface area contributed by atoms with E-state index in [4.69, 9.17) is 4.74 Å². The summed E-state index contributed by atoms with van der Waals surface area (Å²) in [6.07, 6.45) is 0. The van der Waals surface area contributed by atoms with E-state index >= 15 is 0 Å². The van der Waals surface area contributed by atoms with Gasteiger partial charge in [0.15, 0.2) is 0 Å². The van der Waals surface area contributed by atoms with E-state index in [0.29, 0.717) is 17.1 Å². The summed E-state index contributed by atoms with van der Waals surface area (Å²) in [4.78, 5) is 22.9. The van der Waals surface area contributed by atoms with Crippen molar-refractivity contribution in [2.45, 2.75) is 6.92 Å². The number of ether oxygens (including phenoxy) is 1. The predicted molar refractivity (Wildman–Crippen MR) is 67.7 cm³/mol. The second kappa shape index (κ2) is 6.29. The lowest BCUT2D eigenvalue weighted by atomic mass is 10.3. The van der Waals surface area contributed by atoms with E-state index in [0.717, 1.165) is 0 Å². The Morgan fingerprint density at radius 1 is 1.17 bits per heavy atom. The zero-order valence-electron chi connectivity index (χ0n) is 10.2. The highest BCUT2D eigenvalue weighted by molar-refractivity contribution is 6.39. The first kappa shape index (κ1) is 13.6. The number of nitrogens with one attached hydrogen (secondary N) is 3. The molecule has 3 N–H and O–H groups in total. The molecule has 1 aromatic rings. The van der Waals surface area contributed by atoms with Crippen molar-refractivity contribution in [3.63, 3.8) is 0 Å². The summed E-state index contributed by atoms with van der Waals surface area (Å²) in [6, 6.07) is 6.80. The molecule has 6 nitrogen and oxygen atoms in total. The van der Waals surface area contributed by atoms with E-state index < -0.39 is 11.8 Å². The number of anilines is 1. The van der Waals surface area contributed by atoms with Gasteiger partial charge in [0.1, 0.15) is 5.75 Å². The number of benzene rings is 1. The topological polar surface area (TPSA) is 79.5 Å². The van der Waals surface area contributed by atoms with Crippen LogP contribution in [0.4, 0.5) is 5.69 Å². The van der Waals surface area contributed by atoms with E-state index in [1.54, 1.807) is 31.2 Å². The second-order valence-corrected chi connectivity index (χ2v) is 3.51. The molecule has 2 amide bonds. The normalized spacial score (nSPS) is 9.22. The summed E-state index contributed by atoms with van der Waals surface area (Å²) >= 11 is 0. The summed E-state index contributed by atoms with van der Waals surface area (Å²) in [5, 5.41) is 2.44. The maximum atomic E-state index is 11.5. The first-order valence-corrected chi connectivity index (χ1v) is 5.20. The average molecular weight is 249 g/mol. The number of rotatable bonds is 4. The zero-order valence-corrected chi connectivity index (χ0v) is 10.2. The van der Waals surface area contributed by atoms with Crippen molar-refractivity contribution in [1.82, 2.24) is 10.9 Å². The van der Waals surface area contributed by atoms with Gasteiger partial charge in [0, 0.05) is 5.70 Å². The third-order valence-electron chi connectivity index (χ3n) is 1.95. The Bertz CT molecular complexity index is 471. The number of hydrogen-bond acceptors (Lipinski definition) is 4. The van der Waals surface area contributed by atoms with Crippen LogP contribution in [0.15, 0.2) is 36.5 Å². The van der Waals surface area contributed by atoms with Gasteiger partial charge in [-0.3, -0.25) is 15.0 Å². The van der Waals surface area contributed by atoms with Gasteiger partial charge in [0.2, 0.25) is 0 Å². The van der Waals surface area contributed by atoms with Crippen LogP contribution in [0, 0.1) is 0 Å². The fourth-order valence-electron chi connectivity index (χ4n) is 1.15. The number of amides is 2. The maximum Gasteiger partial charge on any atom is 0.327 e. The van der Waals surface area contributed by atoms with Gasteiger partial charge >= 0.3 is 11.8 Å². The Balaban J connectivity index is 2.64. The molecule has 0 spiro atoms. The first-order valence-electron chi connectivity index (χ1n) is 5.20. The van der Waals surface area contributed by atoms with Gasteiger partial charge in [-0.05, 0) is 19.1 Å². The predicted octanol–water partition coefficient (Wildman–Crippen LogP) is 0.788. The molecule has 96 valence electrons. The van der Waals surface area contributed by atoms with Crippen LogP contribution in [0.1, 0.15) is 6.92 Å². The Kier molecular flexibility index (Phi) is 4.74. The fourth-order valence-corrected chi connectivity index (χ4v) is 1.15. The van der Waals surface area contributed by atoms with E-state index in [1.807, 2.05) is 0 Å². The Morgan fingerprint density at radius 2 is 1.83 bits per heavy atom. The number of carbonyl (C=O) groups is 2. The molecule has 0 bridgehead atoms. The van der Waals surface area contributed by atoms with Crippen LogP contribution in [-0.2, 0) is 9.59 Å². The van der Waals surface area contributed by atoms with Gasteiger partial charge in [-0.15, -0.1) is 0 Å². The molecular weight excluding hydrogens is 234 g/mol. The maximum absolute atomic E-state index is 11.5. The van der Waals surface area contributed by atoms with Crippen LogP contribution >= 0.6 is 0 Å². The fraction of sp³-hybridized carbons (Fsp3) is 0.167. The molecule has 0 unspecified atom stereocenters. The minimum atomic E-state index is -0.816. The molecule has 0 saturated carbocycles. The SMILES string of the molecule is C=C(C)NNC(=O)C(=O)Nc1ccccc1OC. The third-order valence-corrected chi connectivity index (χ3v) is 1.95. The largest absolute Gasteiger partial charge is 0.495 e. The van der Waals surface area contributed by atoms with Crippen LogP contribution in [0.3, 0.4) is 0 Å². The highest BCUT2D eigenvalue weighted by Crippen LogP contribution is 2.22. The van der Waals surface area contributed by atoms with Crippen molar-refractivity contribution in [2.24, 2.45) is 0 Å². The Hall–Kier alpha value is -2.50. The van der Waals surface area contributed by atoms with Crippen molar-refractivity contribution in [2.75, 3.05) is 12.4 Å². The molecule has 0 saturated heterocycles. The summed E-state index contributed by atoms with van der Waals surface area (Å²) in [7, 11) is 1.48. The van der Waals surface area contributed by atoms with Crippen molar-refractivity contribution >= 4 is 17.5 Å². The van der Waals surface area contributed by atoms with Crippen molar-refractivity contribution in [1.29, 1.82) is 0 Å². The van der Waals surface area contributed by atoms with Gasteiger partial charge in [-0.1, -0.05) is 18.7 Å². The lowest BCUT2D eigenvalue weighted by Crippen LogP contribution is -2.42. The average Bonchev–Trinajstić information content (AvgIpc) is 2.36. The summed E-state index contributed by atoms with van der Waals surface area (Å²) < 4.78 is 5.05. The first-order chi connectivity index (χ1) is 8.54. The lowest BCUT2D eigenvalue weighted by molar-refractivity contribution is -0.136. The number of carbonyl (C=O) groups excluding carboxylic acids is 2. The number of para-hydroxylation sites is 2. The van der Waals surface area contributed by atoms with Crippen LogP contribution in [-0.4, -0.2) is 18.9 Å². The van der Waals surface area contributed by atoms with E-state index in [9.17, 15) is 9.59 Å². The van der Waals surface area contributed by atoms with Gasteiger partial charge in [-0.25, -0.2) is 0 Å². The number of methoxy groups -OCH3 is 1. The standard InChI is InChI=1S/C12H15N3O3/c1-8(2)14-15-12(17)11(16)13-9-6-4-5-7-10(9)18-3/h4-7,14H,1H2,2-3H3,(H,13,16)(H,15,17). The van der Waals surface area contributed by atoms with Crippen molar-refractivity contribution in [3.8, 4) is 5.75 Å². The summed E-state index contributed by atoms with van der Waals surface area (Å²) in [5.41, 5.74) is 5.60. The molecule has 0 heterocycles. The smallest absolute Gasteiger partial charge is 0.327 e. The molecule has 1 rings (SSSR count). The highest BCUT2D eigenvalue weighted by Gasteiger charge is 2.14. The number of hydrazine groups is 1. The molecular formula is C12H15N3O3. The Labute approximate surface area is 105 Å². The number of hydrogen-bond donors (Lipinski definition) is 3. The van der Waals surface area contributed by atoms with E-state index in [-0.39, 0.29) is 0 Å². The summed E-state index contributed by atoms with van der Waals surface area (Å²) in [6.45, 7) is 5.17. The highest BCUT2D eigenvalue weighted by atomic mass is 16.5. The zero-order chi connectivity index (χ0) is 13.5.